The Hall–Kier alpha value is -11.4. The van der Waals surface area contributed by atoms with Crippen LogP contribution in [0, 0.1) is 0 Å². The second-order valence-corrected chi connectivity index (χ2v) is 35.9. The number of nitrogens with zero attached hydrogens (tertiary/aromatic N) is 6. The van der Waals surface area contributed by atoms with Gasteiger partial charge >= 0.3 is 30.1 Å². The quantitative estimate of drug-likeness (QED) is 0.0250. The van der Waals surface area contributed by atoms with Crippen LogP contribution in [0.1, 0.15) is 179 Å². The molecule has 10 heterocycles. The molecule has 16 rings (SSSR count). The minimum absolute atomic E-state index is 0.0245. The number of aromatic nitrogens is 2. The highest BCUT2D eigenvalue weighted by atomic mass is 35.5. The van der Waals surface area contributed by atoms with Gasteiger partial charge in [0.15, 0.2) is 0 Å². The van der Waals surface area contributed by atoms with Gasteiger partial charge in [0.25, 0.3) is 0 Å². The zero-order valence-corrected chi connectivity index (χ0v) is 80.9. The van der Waals surface area contributed by atoms with Crippen LogP contribution in [0.2, 0.25) is 25.2 Å². The van der Waals surface area contributed by atoms with Crippen molar-refractivity contribution in [2.75, 3.05) is 81.0 Å². The van der Waals surface area contributed by atoms with E-state index in [9.17, 15) is 51.5 Å². The van der Waals surface area contributed by atoms with E-state index in [4.69, 9.17) is 115 Å². The highest BCUT2D eigenvalue weighted by Gasteiger charge is 2.45. The molecule has 0 bridgehead atoms. The number of carbonyl (C=O) groups is 8. The van der Waals surface area contributed by atoms with Gasteiger partial charge in [-0.15, -0.1) is 0 Å². The summed E-state index contributed by atoms with van der Waals surface area (Å²) in [5, 5.41) is 1.91. The van der Waals surface area contributed by atoms with E-state index in [0.29, 0.717) is 151 Å². The van der Waals surface area contributed by atoms with E-state index in [1.54, 1.807) is 143 Å². The molecule has 34 heteroatoms. The maximum atomic E-state index is 13.5. The van der Waals surface area contributed by atoms with Gasteiger partial charge in [-0.2, -0.15) is 13.2 Å². The van der Waals surface area contributed by atoms with Crippen LogP contribution in [0.3, 0.4) is 0 Å². The molecule has 0 radical (unpaired) electrons. The van der Waals surface area contributed by atoms with Crippen molar-refractivity contribution in [3.8, 4) is 23.0 Å². The normalized spacial score (nSPS) is 20.6. The van der Waals surface area contributed by atoms with Gasteiger partial charge in [0.2, 0.25) is 23.6 Å². The Morgan fingerprint density at radius 2 is 0.620 bits per heavy atom. The number of pyridine rings is 2. The molecule has 8 aromatic rings. The molecule has 0 saturated carbocycles. The van der Waals surface area contributed by atoms with Crippen molar-refractivity contribution in [3.63, 3.8) is 0 Å². The van der Waals surface area contributed by atoms with E-state index in [1.807, 2.05) is 72.8 Å². The van der Waals surface area contributed by atoms with Crippen molar-refractivity contribution in [2.45, 2.75) is 185 Å². The van der Waals surface area contributed by atoms with Gasteiger partial charge in [0, 0.05) is 133 Å². The molecule has 8 aliphatic heterocycles. The number of alkyl halides is 3. The van der Waals surface area contributed by atoms with Crippen molar-refractivity contribution < 1.29 is 108 Å². The minimum Gasteiger partial charge on any atom is -0.496 e. The molecule has 726 valence electrons. The first-order chi connectivity index (χ1) is 65.9. The van der Waals surface area contributed by atoms with Crippen molar-refractivity contribution >= 4 is 106 Å². The summed E-state index contributed by atoms with van der Waals surface area (Å²) in [5.74, 6) is -2.28. The molecular formula is C103H108Cl5F3N6O20. The predicted molar refractivity (Wildman–Crippen MR) is 506 cm³/mol. The molecule has 2 aromatic heterocycles. The number of amides is 4. The molecule has 8 aliphatic rings. The lowest BCUT2D eigenvalue weighted by Crippen LogP contribution is -2.42. The molecule has 26 nitrogen and oxygen atoms in total. The van der Waals surface area contributed by atoms with Crippen molar-refractivity contribution in [1.29, 1.82) is 0 Å². The van der Waals surface area contributed by atoms with Gasteiger partial charge in [-0.1, -0.05) is 155 Å². The van der Waals surface area contributed by atoms with Crippen LogP contribution >= 0.6 is 58.0 Å². The van der Waals surface area contributed by atoms with E-state index < -0.39 is 59.4 Å². The van der Waals surface area contributed by atoms with Gasteiger partial charge in [-0.25, -0.2) is 24.2 Å². The number of halogens is 8. The fourth-order valence-corrected chi connectivity index (χ4v) is 18.8. The molecule has 6 aromatic carbocycles. The number of benzene rings is 6. The highest BCUT2D eigenvalue weighted by molar-refractivity contribution is 6.42. The van der Waals surface area contributed by atoms with Gasteiger partial charge in [-0.3, -0.25) is 24.2 Å². The Labute approximate surface area is 818 Å². The summed E-state index contributed by atoms with van der Waals surface area (Å²) in [7, 11) is 6.23. The van der Waals surface area contributed by atoms with E-state index >= 15 is 0 Å². The first-order valence-electron chi connectivity index (χ1n) is 45.2. The molecule has 137 heavy (non-hydrogen) atoms. The minimum atomic E-state index is -4.60. The van der Waals surface area contributed by atoms with Crippen LogP contribution in [0.5, 0.6) is 23.0 Å². The van der Waals surface area contributed by atoms with Gasteiger partial charge in [-0.05, 0) is 162 Å². The zero-order valence-electron chi connectivity index (χ0n) is 77.1. The summed E-state index contributed by atoms with van der Waals surface area (Å²) < 4.78 is 106. The van der Waals surface area contributed by atoms with Crippen LogP contribution in [0.25, 0.3) is 0 Å². The van der Waals surface area contributed by atoms with Crippen LogP contribution in [0.4, 0.5) is 13.2 Å². The fourth-order valence-electron chi connectivity index (χ4n) is 18.1. The molecule has 4 saturated heterocycles. The topological polar surface area (TPSA) is 286 Å². The first kappa shape index (κ1) is 103. The van der Waals surface area contributed by atoms with Crippen molar-refractivity contribution in [1.82, 2.24) is 29.6 Å². The van der Waals surface area contributed by atoms with E-state index in [-0.39, 0.29) is 106 Å². The molecule has 0 aliphatic carbocycles. The van der Waals surface area contributed by atoms with Crippen LogP contribution in [-0.2, 0) is 109 Å². The molecular weight excluding hydrogens is 1880 g/mol. The smallest absolute Gasteiger partial charge is 0.433 e. The summed E-state index contributed by atoms with van der Waals surface area (Å²) in [4.78, 5) is 120. The molecule has 4 amide bonds. The first-order valence-corrected chi connectivity index (χ1v) is 47.0. The SMILES string of the molecule is COc1ccccc1COC(=O)C1=C(C)N(C[C@@H]2CCCO2)C(=O)C[C@@H]1c1ccc(Cl)c(Cl)c1.COc1ccccc1COC(=O)C1=C(C)N(C[C@@H]2CCCO2)C(=O)C[C@@H]1c1ccc(Cl)nc1.COc1ccccc1COC(=O)C1=C(C)N(C[C@H]2CCCO2)C(=O)C[C@H]1c1ccc(C(F)(F)F)nc1.COc1ccccc1COC(=O)C1=C(C)N(C[C@H]2CCCO2)C(=O)C[C@H]1c1ccc(Cl)c(Cl)c1. The Bertz CT molecular complexity index is 5640. The molecule has 0 unspecified atom stereocenters. The average Bonchev–Trinajstić information content (AvgIpc) is 0.976. The second-order valence-electron chi connectivity index (χ2n) is 33.9. The molecule has 0 N–H and O–H groups in total. The third kappa shape index (κ3) is 26.0. The molecule has 0 spiro atoms. The van der Waals surface area contributed by atoms with Crippen molar-refractivity contribution in [2.24, 2.45) is 0 Å². The number of allylic oxidation sites excluding steroid dienone is 4. The average molecular weight is 1980 g/mol. The maximum absolute atomic E-state index is 13.5. The Kier molecular flexibility index (Phi) is 36.3. The Morgan fingerprint density at radius 1 is 0.358 bits per heavy atom. The third-order valence-corrected chi connectivity index (χ3v) is 27.0. The largest absolute Gasteiger partial charge is 0.496 e. The second kappa shape index (κ2) is 48.3. The van der Waals surface area contributed by atoms with E-state index in [2.05, 4.69) is 9.97 Å². The summed E-state index contributed by atoms with van der Waals surface area (Å²) in [5.41, 5.74) is 8.11. The monoisotopic (exact) mass is 1980 g/mol. The van der Waals surface area contributed by atoms with Gasteiger partial charge < -0.3 is 76.4 Å². The number of carbonyl (C=O) groups excluding carboxylic acids is 8. The number of rotatable bonds is 28. The summed E-state index contributed by atoms with van der Waals surface area (Å²) in [6.07, 6.45) is 5.42. The number of methoxy groups -OCH3 is 4. The number of esters is 4. The van der Waals surface area contributed by atoms with Crippen LogP contribution < -0.4 is 18.9 Å². The summed E-state index contributed by atoms with van der Waals surface area (Å²) in [6.45, 7) is 11.4. The lowest BCUT2D eigenvalue weighted by atomic mass is 9.83. The number of para-hydroxylation sites is 4. The third-order valence-electron chi connectivity index (χ3n) is 25.3. The number of hydrogen-bond acceptors (Lipinski definition) is 22. The van der Waals surface area contributed by atoms with Gasteiger partial charge in [0.05, 0.1) is 121 Å². The van der Waals surface area contributed by atoms with Crippen LogP contribution in [-0.4, -0.2) is 183 Å². The fraction of sp³-hybridized carbons (Fsp3) is 0.398. The molecule has 8 atom stereocenters. The number of ether oxygens (including phenoxy) is 12. The maximum Gasteiger partial charge on any atom is 0.433 e. The molecule has 4 fully saturated rings. The van der Waals surface area contributed by atoms with Crippen LogP contribution in [0.15, 0.2) is 215 Å². The van der Waals surface area contributed by atoms with E-state index in [1.165, 1.54) is 18.1 Å². The lowest BCUT2D eigenvalue weighted by molar-refractivity contribution is -0.143. The highest BCUT2D eigenvalue weighted by Crippen LogP contribution is 2.46. The predicted octanol–water partition coefficient (Wildman–Crippen LogP) is 19.9. The van der Waals surface area contributed by atoms with Crippen molar-refractivity contribution in [3.05, 3.63) is 291 Å². The Balaban J connectivity index is 0.000000154. The summed E-state index contributed by atoms with van der Waals surface area (Å²) in [6, 6.07) is 45.1. The van der Waals surface area contributed by atoms with Gasteiger partial charge in [0.1, 0.15) is 60.3 Å². The number of hydrogen-bond donors (Lipinski definition) is 0. The van der Waals surface area contributed by atoms with E-state index in [0.717, 1.165) is 97.0 Å². The summed E-state index contributed by atoms with van der Waals surface area (Å²) >= 11 is 30.7. The lowest BCUT2D eigenvalue weighted by Gasteiger charge is -2.35. The Morgan fingerprint density at radius 3 is 0.854 bits per heavy atom. The zero-order chi connectivity index (χ0) is 97.7. The standard InChI is InChI=1S/2C26H27Cl2NO5.C26H27F3N2O5.C25H27ClN2O5/c2*1-16-25(26(31)34-15-18-6-3-4-8-23(18)32-2)20(17-9-10-21(27)22(28)12-17)13-24(30)29(16)14-19-7-5-11-33-19;1-16-24(25(33)36-15-18-6-3-4-8-21(18)34-2)20(17-9-10-22(30-13-17)26(27,28)29)12-23(32)31(16)14-19-7-5-11-35-19;1-16-24(25(30)33-15-18-6-3-4-8-21(18)31-2)20(17-9-10-22(26)27-13-17)12-23(29)28(16)14-19-7-5-11-32-19/h2*3-4,6,8-10,12,19-20H,5,7,11,13-15H2,1-2H3;3-4,6,8-10,13,19-20H,5,7,11-12,14-15H2,1-2H3;3-4,6,8-10,13,19-20H,5,7,11-12,14-15H2,1-2H3/t4*19-,20+/m1010/s1.